The van der Waals surface area contributed by atoms with Gasteiger partial charge in [-0.05, 0) is 23.8 Å². The third-order valence-electron chi connectivity index (χ3n) is 3.03. The fourth-order valence-electron chi connectivity index (χ4n) is 2.11. The van der Waals surface area contributed by atoms with Crippen LogP contribution in [0.5, 0.6) is 0 Å². The highest BCUT2D eigenvalue weighted by Gasteiger charge is 2.38. The summed E-state index contributed by atoms with van der Waals surface area (Å²) in [5, 5.41) is 0. The van der Waals surface area contributed by atoms with Crippen molar-refractivity contribution in [2.75, 3.05) is 0 Å². The van der Waals surface area contributed by atoms with E-state index in [1.807, 2.05) is 6.07 Å². The van der Waals surface area contributed by atoms with Gasteiger partial charge in [0.25, 0.3) is 0 Å². The Morgan fingerprint density at radius 3 is 2.16 bits per heavy atom. The predicted molar refractivity (Wildman–Crippen MR) is 72.4 cm³/mol. The lowest BCUT2D eigenvalue weighted by molar-refractivity contribution is 0.104. The maximum absolute atomic E-state index is 12.3. The van der Waals surface area contributed by atoms with Gasteiger partial charge in [-0.2, -0.15) is 0 Å². The lowest BCUT2D eigenvalue weighted by Gasteiger charge is -1.97. The molecule has 0 saturated heterocycles. The number of ketones is 1. The minimum absolute atomic E-state index is 0.0992. The number of carbonyl (C=O) groups is 1. The summed E-state index contributed by atoms with van der Waals surface area (Å²) in [6.45, 7) is 0. The molecule has 1 heterocycles. The third kappa shape index (κ3) is 1.81. The van der Waals surface area contributed by atoms with Crippen molar-refractivity contribution in [1.82, 2.24) is 0 Å². The van der Waals surface area contributed by atoms with Crippen LogP contribution in [-0.4, -0.2) is 14.2 Å². The van der Waals surface area contributed by atoms with E-state index in [0.717, 1.165) is 0 Å². The molecule has 0 amide bonds. The highest BCUT2D eigenvalue weighted by Crippen LogP contribution is 2.34. The van der Waals surface area contributed by atoms with Crippen molar-refractivity contribution in [2.45, 2.75) is 4.90 Å². The van der Waals surface area contributed by atoms with Gasteiger partial charge in [-0.15, -0.1) is 0 Å². The average molecular weight is 270 g/mol. The van der Waals surface area contributed by atoms with Crippen molar-refractivity contribution < 1.29 is 13.2 Å². The molecule has 0 bridgehead atoms. The van der Waals surface area contributed by atoms with Crippen LogP contribution in [-0.2, 0) is 9.84 Å². The Morgan fingerprint density at radius 1 is 0.842 bits per heavy atom. The molecule has 0 radical (unpaired) electrons. The van der Waals surface area contributed by atoms with Crippen LogP contribution < -0.4 is 0 Å². The van der Waals surface area contributed by atoms with E-state index in [-0.39, 0.29) is 15.4 Å². The highest BCUT2D eigenvalue weighted by molar-refractivity contribution is 7.97. The second kappa shape index (κ2) is 4.17. The smallest absolute Gasteiger partial charge is 0.211 e. The second-order valence-electron chi connectivity index (χ2n) is 4.25. The van der Waals surface area contributed by atoms with E-state index < -0.39 is 15.6 Å². The second-order valence-corrected chi connectivity index (χ2v) is 6.13. The number of hydrogen-bond donors (Lipinski definition) is 0. The Labute approximate surface area is 111 Å². The van der Waals surface area contributed by atoms with Gasteiger partial charge in [0.2, 0.25) is 15.6 Å². The van der Waals surface area contributed by atoms with Crippen LogP contribution in [0, 0.1) is 0 Å². The van der Waals surface area contributed by atoms with Crippen molar-refractivity contribution in [3.05, 3.63) is 70.6 Å². The van der Waals surface area contributed by atoms with Gasteiger partial charge >= 0.3 is 0 Å². The first-order valence-corrected chi connectivity index (χ1v) is 7.24. The summed E-state index contributed by atoms with van der Waals surface area (Å²) in [5.74, 6) is -0.431. The Kier molecular flexibility index (Phi) is 2.61. The third-order valence-corrected chi connectivity index (χ3v) is 4.85. The van der Waals surface area contributed by atoms with Gasteiger partial charge in [-0.1, -0.05) is 42.5 Å². The van der Waals surface area contributed by atoms with Crippen molar-refractivity contribution in [3.8, 4) is 0 Å². The van der Waals surface area contributed by atoms with E-state index >= 15 is 0 Å². The average Bonchev–Trinajstić information content (AvgIpc) is 2.62. The van der Waals surface area contributed by atoms with Gasteiger partial charge in [-0.3, -0.25) is 4.79 Å². The monoisotopic (exact) mass is 270 g/mol. The van der Waals surface area contributed by atoms with Gasteiger partial charge in [0.05, 0.1) is 4.90 Å². The van der Waals surface area contributed by atoms with Crippen LogP contribution in [0.25, 0.3) is 6.08 Å². The molecule has 0 aliphatic carbocycles. The van der Waals surface area contributed by atoms with Gasteiger partial charge in [0.1, 0.15) is 4.91 Å². The molecule has 1 aliphatic rings. The zero-order valence-electron chi connectivity index (χ0n) is 9.91. The maximum atomic E-state index is 12.3. The SMILES string of the molecule is O=C1C(=Cc2ccccc2)S(=O)(=O)c2ccccc21. The Balaban J connectivity index is 2.22. The Bertz CT molecular complexity index is 787. The molecule has 2 aromatic carbocycles. The van der Waals surface area contributed by atoms with Crippen LogP contribution in [0.3, 0.4) is 0 Å². The molecule has 3 nitrogen and oxygen atoms in total. The van der Waals surface area contributed by atoms with Crippen molar-refractivity contribution in [2.24, 2.45) is 0 Å². The molecule has 2 aromatic rings. The zero-order valence-corrected chi connectivity index (χ0v) is 10.7. The summed E-state index contributed by atoms with van der Waals surface area (Å²) < 4.78 is 24.6. The largest absolute Gasteiger partial charge is 0.288 e. The Hall–Kier alpha value is -2.20. The first-order valence-electron chi connectivity index (χ1n) is 5.76. The van der Waals surface area contributed by atoms with Crippen molar-refractivity contribution in [3.63, 3.8) is 0 Å². The van der Waals surface area contributed by atoms with E-state index in [9.17, 15) is 13.2 Å². The molecule has 4 heteroatoms. The van der Waals surface area contributed by atoms with Crippen LogP contribution >= 0.6 is 0 Å². The summed E-state index contributed by atoms with van der Waals surface area (Å²) in [6, 6.07) is 15.2. The quantitative estimate of drug-likeness (QED) is 0.749. The molecule has 0 aromatic heterocycles. The molecule has 0 saturated carbocycles. The number of Topliss-reactive ketones (excluding diaryl/α,β-unsaturated/α-hetero) is 1. The summed E-state index contributed by atoms with van der Waals surface area (Å²) in [4.78, 5) is 12.1. The molecule has 94 valence electrons. The molecule has 0 fully saturated rings. The number of hydrogen-bond acceptors (Lipinski definition) is 3. The van der Waals surface area contributed by atoms with Gasteiger partial charge in [0, 0.05) is 5.56 Å². The predicted octanol–water partition coefficient (Wildman–Crippen LogP) is 2.70. The highest BCUT2D eigenvalue weighted by atomic mass is 32.2. The van der Waals surface area contributed by atoms with Crippen LogP contribution in [0.2, 0.25) is 0 Å². The molecule has 0 N–H and O–H groups in total. The van der Waals surface area contributed by atoms with E-state index in [0.29, 0.717) is 5.56 Å². The first-order chi connectivity index (χ1) is 9.10. The molecule has 19 heavy (non-hydrogen) atoms. The van der Waals surface area contributed by atoms with Crippen LogP contribution in [0.4, 0.5) is 0 Å². The Morgan fingerprint density at radius 2 is 1.47 bits per heavy atom. The molecular formula is C15H10O3S. The number of carbonyl (C=O) groups excluding carboxylic acids is 1. The van der Waals surface area contributed by atoms with E-state index in [4.69, 9.17) is 0 Å². The molecule has 0 unspecified atom stereocenters. The van der Waals surface area contributed by atoms with E-state index in [1.165, 1.54) is 12.1 Å². The minimum Gasteiger partial charge on any atom is -0.288 e. The fraction of sp³-hybridized carbons (Fsp3) is 0. The standard InChI is InChI=1S/C15H10O3S/c16-15-12-8-4-5-9-13(12)19(17,18)14(15)10-11-6-2-1-3-7-11/h1-10H. The number of fused-ring (bicyclic) bond motifs is 1. The van der Waals surface area contributed by atoms with Crippen LogP contribution in [0.1, 0.15) is 15.9 Å². The fourth-order valence-corrected chi connectivity index (χ4v) is 3.70. The number of rotatable bonds is 1. The zero-order chi connectivity index (χ0) is 13.5. The lowest BCUT2D eigenvalue weighted by atomic mass is 10.1. The topological polar surface area (TPSA) is 51.2 Å². The molecule has 0 atom stereocenters. The molecule has 0 spiro atoms. The summed E-state index contributed by atoms with van der Waals surface area (Å²) in [6.07, 6.45) is 1.43. The maximum Gasteiger partial charge on any atom is 0.211 e. The van der Waals surface area contributed by atoms with Crippen molar-refractivity contribution in [1.29, 1.82) is 0 Å². The molecular weight excluding hydrogens is 260 g/mol. The number of allylic oxidation sites excluding steroid dienone is 1. The van der Waals surface area contributed by atoms with E-state index in [2.05, 4.69) is 0 Å². The molecule has 1 aliphatic heterocycles. The normalized spacial score (nSPS) is 18.5. The van der Waals surface area contributed by atoms with Gasteiger partial charge in [-0.25, -0.2) is 8.42 Å². The van der Waals surface area contributed by atoms with Crippen molar-refractivity contribution >= 4 is 21.7 Å². The lowest BCUT2D eigenvalue weighted by Crippen LogP contribution is -2.01. The minimum atomic E-state index is -3.68. The summed E-state index contributed by atoms with van der Waals surface area (Å²) in [5.41, 5.74) is 0.951. The van der Waals surface area contributed by atoms with Gasteiger partial charge in [0.15, 0.2) is 0 Å². The van der Waals surface area contributed by atoms with Gasteiger partial charge < -0.3 is 0 Å². The van der Waals surface area contributed by atoms with E-state index in [1.54, 1.807) is 42.5 Å². The molecule has 3 rings (SSSR count). The number of sulfone groups is 1. The van der Waals surface area contributed by atoms with Crippen LogP contribution in [0.15, 0.2) is 64.4 Å². The number of benzene rings is 2. The first kappa shape index (κ1) is 11.9. The summed E-state index contributed by atoms with van der Waals surface area (Å²) in [7, 11) is -3.68. The summed E-state index contributed by atoms with van der Waals surface area (Å²) >= 11 is 0.